The number of hydrogen-bond donors (Lipinski definition) is 1. The van der Waals surface area contributed by atoms with E-state index in [2.05, 4.69) is 17.4 Å². The van der Waals surface area contributed by atoms with Crippen LogP contribution in [0.25, 0.3) is 0 Å². The smallest absolute Gasteiger partial charge is 0.251 e. The first-order valence-electron chi connectivity index (χ1n) is 8.29. The number of rotatable bonds is 9. The Morgan fingerprint density at radius 3 is 2.52 bits per heavy atom. The van der Waals surface area contributed by atoms with Gasteiger partial charge >= 0.3 is 0 Å². The Kier molecular flexibility index (Phi) is 7.34. The van der Waals surface area contributed by atoms with E-state index in [4.69, 9.17) is 4.74 Å². The van der Waals surface area contributed by atoms with Crippen molar-refractivity contribution in [3.8, 4) is 0 Å². The second kappa shape index (κ2) is 9.80. The van der Waals surface area contributed by atoms with Crippen LogP contribution < -0.4 is 5.32 Å². The molecular formula is C20H25NO2. The maximum absolute atomic E-state index is 12.4. The predicted molar refractivity (Wildman–Crippen MR) is 93.7 cm³/mol. The molecule has 1 amide bonds. The molecule has 0 bridgehead atoms. The summed E-state index contributed by atoms with van der Waals surface area (Å²) in [5.41, 5.74) is 3.16. The molecule has 0 saturated carbocycles. The second-order valence-corrected chi connectivity index (χ2v) is 5.45. The standard InChI is InChI=1S/C20H25NO2/c1-2-23-16-8-15-21-20(22)19-12-7-6-11-18(19)14-13-17-9-4-3-5-10-17/h3-7,9-12H,2,8,13-16H2,1H3,(H,21,22). The zero-order valence-electron chi connectivity index (χ0n) is 13.8. The number of amides is 1. The number of ether oxygens (including phenoxy) is 1. The predicted octanol–water partition coefficient (Wildman–Crippen LogP) is 3.63. The van der Waals surface area contributed by atoms with E-state index in [0.29, 0.717) is 13.2 Å². The Labute approximate surface area is 138 Å². The summed E-state index contributed by atoms with van der Waals surface area (Å²) in [5, 5.41) is 2.98. The van der Waals surface area contributed by atoms with Crippen LogP contribution in [-0.4, -0.2) is 25.7 Å². The summed E-state index contributed by atoms with van der Waals surface area (Å²) in [6, 6.07) is 18.2. The van der Waals surface area contributed by atoms with Gasteiger partial charge in [-0.05, 0) is 43.4 Å². The maximum atomic E-state index is 12.4. The maximum Gasteiger partial charge on any atom is 0.251 e. The molecule has 0 aliphatic heterocycles. The number of benzene rings is 2. The molecule has 122 valence electrons. The largest absolute Gasteiger partial charge is 0.382 e. The Bertz CT molecular complexity index is 596. The van der Waals surface area contributed by atoms with Crippen molar-refractivity contribution in [3.05, 3.63) is 71.3 Å². The molecule has 2 aromatic rings. The van der Waals surface area contributed by atoms with Crippen molar-refractivity contribution >= 4 is 5.91 Å². The van der Waals surface area contributed by atoms with Gasteiger partial charge in [-0.15, -0.1) is 0 Å². The molecule has 0 aliphatic rings. The minimum Gasteiger partial charge on any atom is -0.382 e. The fourth-order valence-corrected chi connectivity index (χ4v) is 2.50. The van der Waals surface area contributed by atoms with Gasteiger partial charge in [-0.25, -0.2) is 0 Å². The Balaban J connectivity index is 1.90. The highest BCUT2D eigenvalue weighted by Gasteiger charge is 2.10. The summed E-state index contributed by atoms with van der Waals surface area (Å²) in [6.45, 7) is 4.02. The van der Waals surface area contributed by atoms with Gasteiger partial charge < -0.3 is 10.1 Å². The van der Waals surface area contributed by atoms with Crippen molar-refractivity contribution in [2.75, 3.05) is 19.8 Å². The molecule has 1 N–H and O–H groups in total. The first kappa shape index (κ1) is 17.2. The van der Waals surface area contributed by atoms with Gasteiger partial charge in [0.2, 0.25) is 0 Å². The lowest BCUT2D eigenvalue weighted by Crippen LogP contribution is -2.26. The third-order valence-corrected chi connectivity index (χ3v) is 3.74. The number of carbonyl (C=O) groups is 1. The van der Waals surface area contributed by atoms with Crippen LogP contribution in [0, 0.1) is 0 Å². The lowest BCUT2D eigenvalue weighted by molar-refractivity contribution is 0.0943. The molecule has 3 heteroatoms. The molecule has 0 fully saturated rings. The molecule has 0 heterocycles. The second-order valence-electron chi connectivity index (χ2n) is 5.45. The molecule has 0 spiro atoms. The van der Waals surface area contributed by atoms with E-state index in [1.807, 2.05) is 49.4 Å². The van der Waals surface area contributed by atoms with Crippen LogP contribution in [0.3, 0.4) is 0 Å². The lowest BCUT2D eigenvalue weighted by Gasteiger charge is -2.10. The number of nitrogens with one attached hydrogen (secondary N) is 1. The molecule has 2 rings (SSSR count). The van der Waals surface area contributed by atoms with E-state index >= 15 is 0 Å². The third-order valence-electron chi connectivity index (χ3n) is 3.74. The number of hydrogen-bond acceptors (Lipinski definition) is 2. The monoisotopic (exact) mass is 311 g/mol. The first-order valence-corrected chi connectivity index (χ1v) is 8.29. The highest BCUT2D eigenvalue weighted by molar-refractivity contribution is 5.95. The van der Waals surface area contributed by atoms with Gasteiger partial charge in [-0.1, -0.05) is 48.5 Å². The molecule has 0 unspecified atom stereocenters. The Morgan fingerprint density at radius 1 is 1.00 bits per heavy atom. The van der Waals surface area contributed by atoms with Crippen LogP contribution in [0.1, 0.15) is 34.8 Å². The molecule has 0 aliphatic carbocycles. The Hall–Kier alpha value is -2.13. The van der Waals surface area contributed by atoms with Crippen LogP contribution >= 0.6 is 0 Å². The zero-order chi connectivity index (χ0) is 16.3. The molecule has 0 atom stereocenters. The fourth-order valence-electron chi connectivity index (χ4n) is 2.50. The number of carbonyl (C=O) groups excluding carboxylic acids is 1. The average molecular weight is 311 g/mol. The zero-order valence-corrected chi connectivity index (χ0v) is 13.8. The molecule has 0 saturated heterocycles. The van der Waals surface area contributed by atoms with Crippen LogP contribution in [0.2, 0.25) is 0 Å². The third kappa shape index (κ3) is 5.87. The topological polar surface area (TPSA) is 38.3 Å². The van der Waals surface area contributed by atoms with Gasteiger partial charge in [0.05, 0.1) is 0 Å². The van der Waals surface area contributed by atoms with Crippen molar-refractivity contribution in [3.63, 3.8) is 0 Å². The molecule has 2 aromatic carbocycles. The van der Waals surface area contributed by atoms with Gasteiger partial charge in [-0.3, -0.25) is 4.79 Å². The Morgan fingerprint density at radius 2 is 1.74 bits per heavy atom. The van der Waals surface area contributed by atoms with E-state index in [-0.39, 0.29) is 5.91 Å². The summed E-state index contributed by atoms with van der Waals surface area (Å²) in [5.74, 6) is 0.00478. The van der Waals surface area contributed by atoms with Gasteiger partial charge in [-0.2, -0.15) is 0 Å². The molecule has 23 heavy (non-hydrogen) atoms. The lowest BCUT2D eigenvalue weighted by atomic mass is 9.99. The normalized spacial score (nSPS) is 10.5. The van der Waals surface area contributed by atoms with E-state index in [1.54, 1.807) is 0 Å². The highest BCUT2D eigenvalue weighted by atomic mass is 16.5. The van der Waals surface area contributed by atoms with Gasteiger partial charge in [0.25, 0.3) is 5.91 Å². The summed E-state index contributed by atoms with van der Waals surface area (Å²) >= 11 is 0. The van der Waals surface area contributed by atoms with Crippen molar-refractivity contribution in [1.29, 1.82) is 0 Å². The van der Waals surface area contributed by atoms with Crippen LogP contribution in [0.15, 0.2) is 54.6 Å². The van der Waals surface area contributed by atoms with Gasteiger partial charge in [0, 0.05) is 25.3 Å². The molecular weight excluding hydrogens is 286 g/mol. The quantitative estimate of drug-likeness (QED) is 0.718. The SMILES string of the molecule is CCOCCCNC(=O)c1ccccc1CCc1ccccc1. The highest BCUT2D eigenvalue weighted by Crippen LogP contribution is 2.12. The van der Waals surface area contributed by atoms with Gasteiger partial charge in [0.1, 0.15) is 0 Å². The first-order chi connectivity index (χ1) is 11.3. The number of aryl methyl sites for hydroxylation is 2. The minimum atomic E-state index is 0.00478. The van der Waals surface area contributed by atoms with Crippen molar-refractivity contribution < 1.29 is 9.53 Å². The van der Waals surface area contributed by atoms with Crippen molar-refractivity contribution in [1.82, 2.24) is 5.32 Å². The molecule has 3 nitrogen and oxygen atoms in total. The van der Waals surface area contributed by atoms with Crippen LogP contribution in [-0.2, 0) is 17.6 Å². The summed E-state index contributed by atoms with van der Waals surface area (Å²) in [4.78, 5) is 12.4. The molecule has 0 aromatic heterocycles. The van der Waals surface area contributed by atoms with Crippen molar-refractivity contribution in [2.45, 2.75) is 26.2 Å². The van der Waals surface area contributed by atoms with E-state index < -0.39 is 0 Å². The van der Waals surface area contributed by atoms with E-state index in [1.165, 1.54) is 5.56 Å². The molecule has 0 radical (unpaired) electrons. The van der Waals surface area contributed by atoms with Gasteiger partial charge in [0.15, 0.2) is 0 Å². The van der Waals surface area contributed by atoms with Crippen molar-refractivity contribution in [2.24, 2.45) is 0 Å². The summed E-state index contributed by atoms with van der Waals surface area (Å²) < 4.78 is 5.28. The van der Waals surface area contributed by atoms with E-state index in [0.717, 1.165) is 37.0 Å². The minimum absolute atomic E-state index is 0.00478. The van der Waals surface area contributed by atoms with Crippen LogP contribution in [0.5, 0.6) is 0 Å². The summed E-state index contributed by atoms with van der Waals surface area (Å²) in [7, 11) is 0. The summed E-state index contributed by atoms with van der Waals surface area (Å²) in [6.07, 6.45) is 2.65. The average Bonchev–Trinajstić information content (AvgIpc) is 2.61. The fraction of sp³-hybridized carbons (Fsp3) is 0.350. The van der Waals surface area contributed by atoms with Crippen LogP contribution in [0.4, 0.5) is 0 Å². The van der Waals surface area contributed by atoms with E-state index in [9.17, 15) is 4.79 Å².